The Morgan fingerprint density at radius 2 is 1.58 bits per heavy atom. The van der Waals surface area contributed by atoms with Crippen LogP contribution in [-0.4, -0.2) is 77.2 Å². The van der Waals surface area contributed by atoms with Gasteiger partial charge >= 0.3 is 0 Å². The second-order valence-corrected chi connectivity index (χ2v) is 4.61. The second-order valence-electron chi connectivity index (χ2n) is 4.61. The number of hydrogen-bond acceptors (Lipinski definition) is 6. The summed E-state index contributed by atoms with van der Waals surface area (Å²) in [6.07, 6.45) is 2.42. The third-order valence-corrected chi connectivity index (χ3v) is 2.76. The molecule has 1 unspecified atom stereocenters. The van der Waals surface area contributed by atoms with E-state index in [1.54, 1.807) is 7.11 Å². The van der Waals surface area contributed by atoms with Crippen molar-refractivity contribution in [2.75, 3.05) is 60.0 Å². The predicted octanol–water partition coefficient (Wildman–Crippen LogP) is -0.204. The fraction of sp³-hybridized carbons (Fsp3) is 1.00. The van der Waals surface area contributed by atoms with Gasteiger partial charge in [-0.05, 0) is 12.8 Å². The van der Waals surface area contributed by atoms with E-state index >= 15 is 0 Å². The van der Waals surface area contributed by atoms with Crippen molar-refractivity contribution in [3.8, 4) is 0 Å². The van der Waals surface area contributed by atoms with Gasteiger partial charge < -0.3 is 29.4 Å². The lowest BCUT2D eigenvalue weighted by molar-refractivity contribution is -0.00156. The molecule has 0 aromatic rings. The quantitative estimate of drug-likeness (QED) is 0.428. The van der Waals surface area contributed by atoms with E-state index in [1.165, 1.54) is 12.8 Å². The van der Waals surface area contributed by atoms with Crippen molar-refractivity contribution in [2.45, 2.75) is 24.9 Å². The van der Waals surface area contributed by atoms with Gasteiger partial charge in [0.05, 0.1) is 58.9 Å². The first-order chi connectivity index (χ1) is 9.36. The zero-order chi connectivity index (χ0) is 13.8. The van der Waals surface area contributed by atoms with Gasteiger partial charge in [-0.25, -0.2) is 0 Å². The van der Waals surface area contributed by atoms with Gasteiger partial charge in [-0.3, -0.25) is 0 Å². The van der Waals surface area contributed by atoms with E-state index in [0.29, 0.717) is 52.3 Å². The van der Waals surface area contributed by atoms with E-state index in [0.717, 1.165) is 0 Å². The molecule has 1 saturated carbocycles. The summed E-state index contributed by atoms with van der Waals surface area (Å²) < 4.78 is 20.9. The number of aliphatic hydroxyl groups excluding tert-OH is 1. The highest BCUT2D eigenvalue weighted by Gasteiger charge is 2.24. The molecule has 0 radical (unpaired) electrons. The Hall–Kier alpha value is -0.240. The molecule has 0 aliphatic heterocycles. The van der Waals surface area contributed by atoms with Crippen molar-refractivity contribution in [1.82, 2.24) is 5.32 Å². The summed E-state index contributed by atoms with van der Waals surface area (Å²) in [5.74, 6) is 0. The molecule has 6 heteroatoms. The molecule has 0 heterocycles. The fourth-order valence-electron chi connectivity index (χ4n) is 1.54. The van der Waals surface area contributed by atoms with Gasteiger partial charge in [0, 0.05) is 13.2 Å². The molecule has 0 aromatic carbocycles. The molecular weight excluding hydrogens is 250 g/mol. The molecule has 1 aliphatic rings. The molecule has 0 aromatic heterocycles. The van der Waals surface area contributed by atoms with E-state index in [4.69, 9.17) is 24.1 Å². The summed E-state index contributed by atoms with van der Waals surface area (Å²) >= 11 is 0. The summed E-state index contributed by atoms with van der Waals surface area (Å²) in [6.45, 7) is 4.09. The molecule has 1 atom stereocenters. The summed E-state index contributed by atoms with van der Waals surface area (Å²) in [7, 11) is 1.65. The molecule has 1 fully saturated rings. The van der Waals surface area contributed by atoms with Crippen LogP contribution in [0, 0.1) is 0 Å². The molecule has 2 N–H and O–H groups in total. The summed E-state index contributed by atoms with van der Waals surface area (Å²) in [6, 6.07) is 0.631. The van der Waals surface area contributed by atoms with E-state index < -0.39 is 0 Å². The maximum Gasteiger partial charge on any atom is 0.0701 e. The predicted molar refractivity (Wildman–Crippen MR) is 71.4 cm³/mol. The van der Waals surface area contributed by atoms with Crippen LogP contribution >= 0.6 is 0 Å². The first-order valence-electron chi connectivity index (χ1n) is 6.96. The normalized spacial score (nSPS) is 16.7. The number of methoxy groups -OCH3 is 1. The second kappa shape index (κ2) is 11.6. The molecular formula is C13H27NO5. The Bertz CT molecular complexity index is 201. The molecule has 0 amide bonds. The Labute approximate surface area is 115 Å². The van der Waals surface area contributed by atoms with Gasteiger partial charge in [0.25, 0.3) is 0 Å². The van der Waals surface area contributed by atoms with E-state index in [9.17, 15) is 0 Å². The maximum atomic E-state index is 9.15. The minimum Gasteiger partial charge on any atom is -0.395 e. The Morgan fingerprint density at radius 1 is 1.00 bits per heavy atom. The lowest BCUT2D eigenvalue weighted by atomic mass is 10.3. The van der Waals surface area contributed by atoms with Crippen LogP contribution < -0.4 is 5.32 Å². The topological polar surface area (TPSA) is 69.2 Å². The molecule has 0 spiro atoms. The molecule has 0 saturated heterocycles. The van der Waals surface area contributed by atoms with Crippen LogP contribution in [0.4, 0.5) is 0 Å². The van der Waals surface area contributed by atoms with E-state index in [1.807, 2.05) is 0 Å². The maximum absolute atomic E-state index is 9.15. The summed E-state index contributed by atoms with van der Waals surface area (Å²) in [4.78, 5) is 0. The smallest absolute Gasteiger partial charge is 0.0701 e. The zero-order valence-electron chi connectivity index (χ0n) is 11.8. The van der Waals surface area contributed by atoms with Gasteiger partial charge in [-0.15, -0.1) is 0 Å². The van der Waals surface area contributed by atoms with Crippen molar-refractivity contribution in [3.05, 3.63) is 0 Å². The monoisotopic (exact) mass is 277 g/mol. The highest BCUT2D eigenvalue weighted by molar-refractivity contribution is 4.84. The van der Waals surface area contributed by atoms with Gasteiger partial charge in [0.2, 0.25) is 0 Å². The highest BCUT2D eigenvalue weighted by Crippen LogP contribution is 2.19. The van der Waals surface area contributed by atoms with Crippen molar-refractivity contribution in [2.24, 2.45) is 0 Å². The van der Waals surface area contributed by atoms with Crippen molar-refractivity contribution in [1.29, 1.82) is 0 Å². The third-order valence-electron chi connectivity index (χ3n) is 2.76. The average Bonchev–Trinajstić information content (AvgIpc) is 3.23. The van der Waals surface area contributed by atoms with Crippen LogP contribution in [-0.2, 0) is 18.9 Å². The number of ether oxygens (including phenoxy) is 4. The molecule has 1 rings (SSSR count). The average molecular weight is 277 g/mol. The summed E-state index contributed by atoms with van der Waals surface area (Å²) in [5, 5.41) is 12.5. The molecule has 0 bridgehead atoms. The first-order valence-corrected chi connectivity index (χ1v) is 6.96. The summed E-state index contributed by atoms with van der Waals surface area (Å²) in [5.41, 5.74) is 0. The third kappa shape index (κ3) is 10.2. The fourth-order valence-corrected chi connectivity index (χ4v) is 1.54. The first kappa shape index (κ1) is 16.8. The SMILES string of the molecule is COCCOCCOCCOCC(CO)NC1CC1. The van der Waals surface area contributed by atoms with Crippen molar-refractivity contribution in [3.63, 3.8) is 0 Å². The number of aliphatic hydroxyl groups is 1. The van der Waals surface area contributed by atoms with Crippen LogP contribution in [0.25, 0.3) is 0 Å². The van der Waals surface area contributed by atoms with E-state index in [2.05, 4.69) is 5.32 Å². The van der Waals surface area contributed by atoms with Crippen LogP contribution in [0.1, 0.15) is 12.8 Å². The van der Waals surface area contributed by atoms with Crippen molar-refractivity contribution < 1.29 is 24.1 Å². The number of rotatable bonds is 14. The Balaban J connectivity index is 1.77. The van der Waals surface area contributed by atoms with Gasteiger partial charge in [0.15, 0.2) is 0 Å². The van der Waals surface area contributed by atoms with Gasteiger partial charge in [0.1, 0.15) is 0 Å². The largest absolute Gasteiger partial charge is 0.395 e. The highest BCUT2D eigenvalue weighted by atomic mass is 16.6. The minimum atomic E-state index is 0.0462. The van der Waals surface area contributed by atoms with E-state index in [-0.39, 0.29) is 12.6 Å². The van der Waals surface area contributed by atoms with Crippen LogP contribution in [0.2, 0.25) is 0 Å². The lowest BCUT2D eigenvalue weighted by Gasteiger charge is -2.15. The Morgan fingerprint density at radius 3 is 2.11 bits per heavy atom. The van der Waals surface area contributed by atoms with Crippen LogP contribution in [0.3, 0.4) is 0 Å². The molecule has 1 aliphatic carbocycles. The Kier molecular flexibility index (Phi) is 10.2. The standard InChI is InChI=1S/C13H27NO5/c1-16-4-5-17-6-7-18-8-9-19-11-13(10-15)14-12-2-3-12/h12-15H,2-11H2,1H3. The molecule has 19 heavy (non-hydrogen) atoms. The van der Waals surface area contributed by atoms with Gasteiger partial charge in [-0.2, -0.15) is 0 Å². The van der Waals surface area contributed by atoms with Crippen molar-refractivity contribution >= 4 is 0 Å². The number of nitrogens with one attached hydrogen (secondary N) is 1. The van der Waals surface area contributed by atoms with Crippen LogP contribution in [0.15, 0.2) is 0 Å². The minimum absolute atomic E-state index is 0.0462. The molecule has 114 valence electrons. The molecule has 6 nitrogen and oxygen atoms in total. The number of hydrogen-bond donors (Lipinski definition) is 2. The zero-order valence-corrected chi connectivity index (χ0v) is 11.8. The lowest BCUT2D eigenvalue weighted by Crippen LogP contribution is -2.38. The van der Waals surface area contributed by atoms with Gasteiger partial charge in [-0.1, -0.05) is 0 Å². The van der Waals surface area contributed by atoms with Crippen LogP contribution in [0.5, 0.6) is 0 Å².